The van der Waals surface area contributed by atoms with Gasteiger partial charge in [-0.3, -0.25) is 9.67 Å². The molecule has 0 aromatic carbocycles. The van der Waals surface area contributed by atoms with Gasteiger partial charge < -0.3 is 4.98 Å². The zero-order valence-electron chi connectivity index (χ0n) is 7.98. The van der Waals surface area contributed by atoms with Crippen LogP contribution in [0.4, 0.5) is 0 Å². The summed E-state index contributed by atoms with van der Waals surface area (Å²) in [6.45, 7) is 1.96. The van der Waals surface area contributed by atoms with Crippen LogP contribution in [0.2, 0.25) is 0 Å². The molecule has 2 heterocycles. The molecular formula is C9H10N4S. The summed E-state index contributed by atoms with van der Waals surface area (Å²) in [7, 11) is 1.89. The Kier molecular flexibility index (Phi) is 2.17. The normalized spacial score (nSPS) is 10.4. The first kappa shape index (κ1) is 9.08. The van der Waals surface area contributed by atoms with Crippen LogP contribution in [-0.2, 0) is 7.05 Å². The molecule has 0 spiro atoms. The molecule has 1 N–H and O–H groups in total. The summed E-state index contributed by atoms with van der Waals surface area (Å²) in [4.78, 5) is 7.18. The van der Waals surface area contributed by atoms with E-state index in [1.165, 1.54) is 0 Å². The first-order valence-electron chi connectivity index (χ1n) is 4.22. The standard InChI is InChI=1S/C9H10N4S/c1-6-7(5-13(2)12-6)8-3-11-9(14)4-10-8/h3-5H,1-2H3,(H,11,14). The molecule has 2 aromatic rings. The molecule has 2 aromatic heterocycles. The van der Waals surface area contributed by atoms with Gasteiger partial charge in [-0.05, 0) is 6.92 Å². The lowest BCUT2D eigenvalue weighted by Gasteiger charge is -1.95. The molecule has 0 aliphatic rings. The van der Waals surface area contributed by atoms with E-state index in [0.29, 0.717) is 4.64 Å². The van der Waals surface area contributed by atoms with E-state index in [2.05, 4.69) is 15.1 Å². The minimum Gasteiger partial charge on any atom is -0.350 e. The van der Waals surface area contributed by atoms with Crippen LogP contribution in [0.1, 0.15) is 5.69 Å². The Hall–Kier alpha value is -1.49. The van der Waals surface area contributed by atoms with Crippen molar-refractivity contribution in [2.45, 2.75) is 6.92 Å². The molecule has 14 heavy (non-hydrogen) atoms. The highest BCUT2D eigenvalue weighted by Crippen LogP contribution is 2.18. The number of aromatic nitrogens is 4. The number of nitrogens with one attached hydrogen (secondary N) is 1. The van der Waals surface area contributed by atoms with E-state index in [1.807, 2.05) is 20.2 Å². The number of hydrogen-bond donors (Lipinski definition) is 1. The number of rotatable bonds is 1. The van der Waals surface area contributed by atoms with Crippen molar-refractivity contribution < 1.29 is 0 Å². The zero-order chi connectivity index (χ0) is 10.1. The third kappa shape index (κ3) is 1.58. The van der Waals surface area contributed by atoms with E-state index < -0.39 is 0 Å². The summed E-state index contributed by atoms with van der Waals surface area (Å²) < 4.78 is 2.41. The van der Waals surface area contributed by atoms with E-state index in [0.717, 1.165) is 17.0 Å². The molecule has 0 aliphatic heterocycles. The van der Waals surface area contributed by atoms with Crippen LogP contribution in [-0.4, -0.2) is 19.7 Å². The maximum absolute atomic E-state index is 4.92. The number of aromatic amines is 1. The lowest BCUT2D eigenvalue weighted by atomic mass is 10.2. The fourth-order valence-corrected chi connectivity index (χ4v) is 1.45. The van der Waals surface area contributed by atoms with Gasteiger partial charge >= 0.3 is 0 Å². The molecule has 4 nitrogen and oxygen atoms in total. The van der Waals surface area contributed by atoms with Gasteiger partial charge in [-0.15, -0.1) is 0 Å². The van der Waals surface area contributed by atoms with Crippen molar-refractivity contribution >= 4 is 12.2 Å². The Morgan fingerprint density at radius 2 is 2.29 bits per heavy atom. The van der Waals surface area contributed by atoms with Crippen molar-refractivity contribution in [2.24, 2.45) is 7.05 Å². The van der Waals surface area contributed by atoms with Crippen LogP contribution in [0, 0.1) is 11.6 Å². The molecule has 0 aliphatic carbocycles. The average molecular weight is 206 g/mol. The summed E-state index contributed by atoms with van der Waals surface area (Å²) in [6, 6.07) is 0. The minimum absolute atomic E-state index is 0.635. The lowest BCUT2D eigenvalue weighted by molar-refractivity contribution is 0.756. The molecule has 0 amide bonds. The quantitative estimate of drug-likeness (QED) is 0.724. The summed E-state index contributed by atoms with van der Waals surface area (Å²) in [6.07, 6.45) is 5.37. The summed E-state index contributed by atoms with van der Waals surface area (Å²) >= 11 is 4.92. The fraction of sp³-hybridized carbons (Fsp3) is 0.222. The van der Waals surface area contributed by atoms with Crippen molar-refractivity contribution in [1.29, 1.82) is 0 Å². The smallest absolute Gasteiger partial charge is 0.121 e. The molecule has 0 unspecified atom stereocenters. The number of hydrogen-bond acceptors (Lipinski definition) is 3. The van der Waals surface area contributed by atoms with E-state index in [-0.39, 0.29) is 0 Å². The SMILES string of the molecule is Cc1nn(C)cc1-c1c[nH]c(=S)cn1. The molecule has 0 atom stereocenters. The van der Waals surface area contributed by atoms with Crippen molar-refractivity contribution in [3.05, 3.63) is 28.9 Å². The van der Waals surface area contributed by atoms with E-state index in [1.54, 1.807) is 17.1 Å². The van der Waals surface area contributed by atoms with Gasteiger partial charge in [0.05, 0.1) is 17.6 Å². The Labute approximate surface area is 86.6 Å². The Morgan fingerprint density at radius 3 is 2.79 bits per heavy atom. The highest BCUT2D eigenvalue weighted by molar-refractivity contribution is 7.71. The molecule has 0 saturated carbocycles. The predicted molar refractivity (Wildman–Crippen MR) is 56.4 cm³/mol. The van der Waals surface area contributed by atoms with Gasteiger partial charge in [0.2, 0.25) is 0 Å². The van der Waals surface area contributed by atoms with Gasteiger partial charge in [0, 0.05) is 25.0 Å². The van der Waals surface area contributed by atoms with Gasteiger partial charge in [0.1, 0.15) is 4.64 Å². The van der Waals surface area contributed by atoms with Crippen LogP contribution in [0.5, 0.6) is 0 Å². The summed E-state index contributed by atoms with van der Waals surface area (Å²) in [5.41, 5.74) is 2.86. The van der Waals surface area contributed by atoms with Gasteiger partial charge in [-0.1, -0.05) is 12.2 Å². The number of H-pyrrole nitrogens is 1. The molecule has 2 rings (SSSR count). The van der Waals surface area contributed by atoms with Crippen LogP contribution in [0.25, 0.3) is 11.3 Å². The minimum atomic E-state index is 0.635. The van der Waals surface area contributed by atoms with Crippen molar-refractivity contribution in [3.63, 3.8) is 0 Å². The number of nitrogens with zero attached hydrogens (tertiary/aromatic N) is 3. The van der Waals surface area contributed by atoms with Gasteiger partial charge in [0.25, 0.3) is 0 Å². The molecule has 72 valence electrons. The second-order valence-electron chi connectivity index (χ2n) is 3.10. The lowest BCUT2D eigenvalue weighted by Crippen LogP contribution is -1.86. The van der Waals surface area contributed by atoms with Crippen molar-refractivity contribution in [3.8, 4) is 11.3 Å². The molecule has 0 saturated heterocycles. The van der Waals surface area contributed by atoms with Crippen molar-refractivity contribution in [1.82, 2.24) is 19.7 Å². The second-order valence-corrected chi connectivity index (χ2v) is 3.54. The fourth-order valence-electron chi connectivity index (χ4n) is 1.34. The summed E-state index contributed by atoms with van der Waals surface area (Å²) in [5, 5.41) is 4.25. The van der Waals surface area contributed by atoms with Crippen LogP contribution in [0.3, 0.4) is 0 Å². The van der Waals surface area contributed by atoms with E-state index in [4.69, 9.17) is 12.2 Å². The second kappa shape index (κ2) is 3.34. The maximum Gasteiger partial charge on any atom is 0.121 e. The third-order valence-electron chi connectivity index (χ3n) is 1.96. The Bertz CT molecular complexity index is 491. The van der Waals surface area contributed by atoms with Gasteiger partial charge in [0.15, 0.2) is 0 Å². The Balaban J connectivity index is 2.54. The largest absolute Gasteiger partial charge is 0.350 e. The van der Waals surface area contributed by atoms with Crippen LogP contribution in [0.15, 0.2) is 18.6 Å². The monoisotopic (exact) mass is 206 g/mol. The van der Waals surface area contributed by atoms with Gasteiger partial charge in [-0.2, -0.15) is 5.10 Å². The first-order chi connectivity index (χ1) is 6.66. The van der Waals surface area contributed by atoms with E-state index >= 15 is 0 Å². The van der Waals surface area contributed by atoms with Crippen LogP contribution >= 0.6 is 12.2 Å². The average Bonchev–Trinajstić information content (AvgIpc) is 2.47. The molecular weight excluding hydrogens is 196 g/mol. The molecule has 5 heteroatoms. The van der Waals surface area contributed by atoms with Gasteiger partial charge in [-0.25, -0.2) is 0 Å². The van der Waals surface area contributed by atoms with Crippen LogP contribution < -0.4 is 0 Å². The highest BCUT2D eigenvalue weighted by Gasteiger charge is 2.06. The maximum atomic E-state index is 4.92. The van der Waals surface area contributed by atoms with E-state index in [9.17, 15) is 0 Å². The zero-order valence-corrected chi connectivity index (χ0v) is 8.80. The molecule has 0 bridgehead atoms. The van der Waals surface area contributed by atoms with Crippen molar-refractivity contribution in [2.75, 3.05) is 0 Å². The Morgan fingerprint density at radius 1 is 1.50 bits per heavy atom. The summed E-state index contributed by atoms with van der Waals surface area (Å²) in [5.74, 6) is 0. The topological polar surface area (TPSA) is 46.5 Å². The predicted octanol–water partition coefficient (Wildman–Crippen LogP) is 1.85. The third-order valence-corrected chi connectivity index (χ3v) is 2.18. The molecule has 0 radical (unpaired) electrons. The molecule has 0 fully saturated rings. The highest BCUT2D eigenvalue weighted by atomic mass is 32.1. The number of aryl methyl sites for hydroxylation is 2. The first-order valence-corrected chi connectivity index (χ1v) is 4.63.